The Kier molecular flexibility index (Phi) is 6.29. The van der Waals surface area contributed by atoms with E-state index >= 15 is 0 Å². The number of hydrogen-bond donors (Lipinski definition) is 1. The van der Waals surface area contributed by atoms with E-state index in [1.807, 2.05) is 19.1 Å². The lowest BCUT2D eigenvalue weighted by atomic mass is 10.0. The van der Waals surface area contributed by atoms with Gasteiger partial charge in [-0.1, -0.05) is 6.92 Å². The molecule has 5 heteroatoms. The predicted octanol–water partition coefficient (Wildman–Crippen LogP) is 1.77. The van der Waals surface area contributed by atoms with Crippen molar-refractivity contribution in [2.24, 2.45) is 5.92 Å². The van der Waals surface area contributed by atoms with Gasteiger partial charge >= 0.3 is 5.97 Å². The van der Waals surface area contributed by atoms with Crippen molar-refractivity contribution in [2.45, 2.75) is 32.9 Å². The minimum atomic E-state index is -0.167. The highest BCUT2D eigenvalue weighted by Gasteiger charge is 2.16. The number of aromatic nitrogens is 1. The first kappa shape index (κ1) is 15.4. The van der Waals surface area contributed by atoms with Gasteiger partial charge in [0.25, 0.3) is 0 Å². The van der Waals surface area contributed by atoms with E-state index in [0.29, 0.717) is 12.4 Å². The Morgan fingerprint density at radius 3 is 2.79 bits per heavy atom. The molecule has 0 unspecified atom stereocenters. The zero-order chi connectivity index (χ0) is 14.3. The molecular formula is C14H22N2O3. The van der Waals surface area contributed by atoms with E-state index in [2.05, 4.69) is 17.2 Å². The lowest BCUT2D eigenvalue weighted by Gasteiger charge is -2.17. The molecule has 0 radical (unpaired) electrons. The van der Waals surface area contributed by atoms with E-state index in [-0.39, 0.29) is 17.9 Å². The lowest BCUT2D eigenvalue weighted by molar-refractivity contribution is -0.145. The number of ether oxygens (including phenoxy) is 2. The molecule has 5 nitrogen and oxygen atoms in total. The average Bonchev–Trinajstić information content (AvgIpc) is 2.44. The second-order valence-electron chi connectivity index (χ2n) is 4.65. The minimum absolute atomic E-state index is 0.0977. The summed E-state index contributed by atoms with van der Waals surface area (Å²) in [5.41, 5.74) is 1.10. The lowest BCUT2D eigenvalue weighted by Crippen LogP contribution is -2.29. The third-order valence-corrected chi connectivity index (χ3v) is 2.97. The van der Waals surface area contributed by atoms with E-state index in [1.165, 1.54) is 7.11 Å². The molecule has 2 atom stereocenters. The number of carbonyl (C=O) groups is 1. The van der Waals surface area contributed by atoms with Crippen LogP contribution in [0, 0.1) is 5.92 Å². The first-order valence-electron chi connectivity index (χ1n) is 6.37. The highest BCUT2D eigenvalue weighted by atomic mass is 16.5. The van der Waals surface area contributed by atoms with Crippen LogP contribution in [0.4, 0.5) is 0 Å². The van der Waals surface area contributed by atoms with Gasteiger partial charge in [-0.2, -0.15) is 0 Å². The molecule has 1 aromatic heterocycles. The SMILES string of the molecule is COC(=O)[C@@H](C)C[C@H](C)NCc1ccnc(OC)c1. The summed E-state index contributed by atoms with van der Waals surface area (Å²) in [6.45, 7) is 4.64. The number of nitrogens with one attached hydrogen (secondary N) is 1. The first-order valence-corrected chi connectivity index (χ1v) is 6.37. The van der Waals surface area contributed by atoms with E-state index in [4.69, 9.17) is 9.47 Å². The quantitative estimate of drug-likeness (QED) is 0.762. The van der Waals surface area contributed by atoms with Crippen LogP contribution in [-0.4, -0.2) is 31.2 Å². The van der Waals surface area contributed by atoms with Crippen molar-refractivity contribution in [3.8, 4) is 5.88 Å². The molecule has 0 saturated heterocycles. The van der Waals surface area contributed by atoms with Crippen molar-refractivity contribution in [3.63, 3.8) is 0 Å². The van der Waals surface area contributed by atoms with E-state index < -0.39 is 0 Å². The molecule has 0 aromatic carbocycles. The second-order valence-corrected chi connectivity index (χ2v) is 4.65. The summed E-state index contributed by atoms with van der Waals surface area (Å²) in [6, 6.07) is 4.06. The number of esters is 1. The number of hydrogen-bond acceptors (Lipinski definition) is 5. The number of methoxy groups -OCH3 is 2. The van der Waals surface area contributed by atoms with E-state index in [0.717, 1.165) is 12.0 Å². The second kappa shape index (κ2) is 7.74. The number of rotatable bonds is 7. The molecule has 106 valence electrons. The fourth-order valence-electron chi connectivity index (χ4n) is 1.88. The average molecular weight is 266 g/mol. The van der Waals surface area contributed by atoms with Gasteiger partial charge in [0.05, 0.1) is 20.1 Å². The van der Waals surface area contributed by atoms with Gasteiger partial charge in [-0.15, -0.1) is 0 Å². The van der Waals surface area contributed by atoms with Crippen LogP contribution in [0.1, 0.15) is 25.8 Å². The third-order valence-electron chi connectivity index (χ3n) is 2.97. The van der Waals surface area contributed by atoms with Crippen LogP contribution in [0.15, 0.2) is 18.3 Å². The Balaban J connectivity index is 2.41. The van der Waals surface area contributed by atoms with Crippen molar-refractivity contribution in [1.82, 2.24) is 10.3 Å². The van der Waals surface area contributed by atoms with Gasteiger partial charge in [-0.3, -0.25) is 4.79 Å². The third kappa shape index (κ3) is 5.26. The molecule has 1 rings (SSSR count). The molecule has 0 amide bonds. The van der Waals surface area contributed by atoms with Gasteiger partial charge in [0, 0.05) is 24.8 Å². The zero-order valence-electron chi connectivity index (χ0n) is 12.0. The number of carbonyl (C=O) groups excluding carboxylic acids is 1. The van der Waals surface area contributed by atoms with Gasteiger partial charge < -0.3 is 14.8 Å². The van der Waals surface area contributed by atoms with E-state index in [9.17, 15) is 4.79 Å². The van der Waals surface area contributed by atoms with Crippen molar-refractivity contribution in [1.29, 1.82) is 0 Å². The van der Waals surface area contributed by atoms with Crippen LogP contribution >= 0.6 is 0 Å². The van der Waals surface area contributed by atoms with Crippen molar-refractivity contribution < 1.29 is 14.3 Å². The van der Waals surface area contributed by atoms with Crippen molar-refractivity contribution in [3.05, 3.63) is 23.9 Å². The zero-order valence-corrected chi connectivity index (χ0v) is 12.0. The summed E-state index contributed by atoms with van der Waals surface area (Å²) < 4.78 is 9.79. The summed E-state index contributed by atoms with van der Waals surface area (Å²) in [6.07, 6.45) is 2.46. The molecular weight excluding hydrogens is 244 g/mol. The predicted molar refractivity (Wildman–Crippen MR) is 72.9 cm³/mol. The summed E-state index contributed by atoms with van der Waals surface area (Å²) in [5.74, 6) is 0.341. The molecule has 19 heavy (non-hydrogen) atoms. The Labute approximate surface area is 114 Å². The molecule has 0 saturated carbocycles. The fourth-order valence-corrected chi connectivity index (χ4v) is 1.88. The molecule has 0 aliphatic heterocycles. The molecule has 0 fully saturated rings. The smallest absolute Gasteiger partial charge is 0.308 e. The van der Waals surface area contributed by atoms with Gasteiger partial charge in [0.2, 0.25) is 5.88 Å². The van der Waals surface area contributed by atoms with Gasteiger partial charge in [-0.25, -0.2) is 4.98 Å². The van der Waals surface area contributed by atoms with E-state index in [1.54, 1.807) is 13.3 Å². The summed E-state index contributed by atoms with van der Waals surface area (Å²) in [5, 5.41) is 3.37. The topological polar surface area (TPSA) is 60.5 Å². The largest absolute Gasteiger partial charge is 0.481 e. The fraction of sp³-hybridized carbons (Fsp3) is 0.571. The highest BCUT2D eigenvalue weighted by molar-refractivity contribution is 5.71. The minimum Gasteiger partial charge on any atom is -0.481 e. The maximum atomic E-state index is 11.3. The summed E-state index contributed by atoms with van der Waals surface area (Å²) >= 11 is 0. The Morgan fingerprint density at radius 1 is 1.42 bits per heavy atom. The number of pyridine rings is 1. The molecule has 1 N–H and O–H groups in total. The summed E-state index contributed by atoms with van der Waals surface area (Å²) in [7, 11) is 3.01. The first-order chi connectivity index (χ1) is 9.06. The number of nitrogens with zero attached hydrogens (tertiary/aromatic N) is 1. The Morgan fingerprint density at radius 2 is 2.16 bits per heavy atom. The van der Waals surface area contributed by atoms with Gasteiger partial charge in [-0.05, 0) is 25.0 Å². The van der Waals surface area contributed by atoms with Crippen LogP contribution in [0.2, 0.25) is 0 Å². The van der Waals surface area contributed by atoms with Crippen LogP contribution in [-0.2, 0) is 16.1 Å². The normalized spacial score (nSPS) is 13.7. The van der Waals surface area contributed by atoms with Crippen LogP contribution in [0.5, 0.6) is 5.88 Å². The van der Waals surface area contributed by atoms with Crippen molar-refractivity contribution in [2.75, 3.05) is 14.2 Å². The van der Waals surface area contributed by atoms with Crippen LogP contribution in [0.3, 0.4) is 0 Å². The maximum absolute atomic E-state index is 11.3. The molecule has 0 aliphatic rings. The molecule has 1 heterocycles. The van der Waals surface area contributed by atoms with Crippen molar-refractivity contribution >= 4 is 5.97 Å². The monoisotopic (exact) mass is 266 g/mol. The molecule has 1 aromatic rings. The van der Waals surface area contributed by atoms with Gasteiger partial charge in [0.1, 0.15) is 0 Å². The maximum Gasteiger partial charge on any atom is 0.308 e. The van der Waals surface area contributed by atoms with Crippen LogP contribution in [0.25, 0.3) is 0 Å². The Bertz CT molecular complexity index is 409. The summed E-state index contributed by atoms with van der Waals surface area (Å²) in [4.78, 5) is 15.4. The highest BCUT2D eigenvalue weighted by Crippen LogP contribution is 2.11. The van der Waals surface area contributed by atoms with Gasteiger partial charge in [0.15, 0.2) is 0 Å². The molecule has 0 bridgehead atoms. The standard InChI is InChI=1S/C14H22N2O3/c1-10(14(17)19-4)7-11(2)16-9-12-5-6-15-13(8-12)18-3/h5-6,8,10-11,16H,7,9H2,1-4H3/t10-,11-/m0/s1. The Hall–Kier alpha value is -1.62. The molecule has 0 spiro atoms. The molecule has 0 aliphatic carbocycles. The van der Waals surface area contributed by atoms with Crippen LogP contribution < -0.4 is 10.1 Å².